The Hall–Kier alpha value is -0.470. The molecule has 0 aliphatic rings. The first-order valence-corrected chi connectivity index (χ1v) is 4.20. The van der Waals surface area contributed by atoms with Crippen molar-refractivity contribution < 1.29 is 0 Å². The maximum absolute atomic E-state index is 5.60. The fraction of sp³-hybridized carbons (Fsp3) is 0.286. The van der Waals surface area contributed by atoms with Crippen LogP contribution in [0.2, 0.25) is 0 Å². The van der Waals surface area contributed by atoms with Crippen LogP contribution in [0.15, 0.2) is 12.3 Å². The summed E-state index contributed by atoms with van der Waals surface area (Å²) in [6, 6.07) is 1.86. The predicted octanol–water partition coefficient (Wildman–Crippen LogP) is 2.14. The highest BCUT2D eigenvalue weighted by Crippen LogP contribution is 2.14. The highest BCUT2D eigenvalue weighted by Gasteiger charge is 1.99. The number of pyridine rings is 1. The molecule has 0 bridgehead atoms. The third-order valence-electron chi connectivity index (χ3n) is 1.36. The van der Waals surface area contributed by atoms with Crippen LogP contribution in [0.3, 0.4) is 0 Å². The molecule has 2 nitrogen and oxygen atoms in total. The lowest BCUT2D eigenvalue weighted by molar-refractivity contribution is 1.20. The number of anilines is 1. The molecular formula is C7H8Cl2N2. The fourth-order valence-corrected chi connectivity index (χ4v) is 1.11. The standard InChI is InChI=1S/C7H8Cl2N2/c8-2-5-1-6(3-9)7(10)11-4-5/h1,4H,2-3H2,(H2,10,11). The molecule has 1 aromatic rings. The summed E-state index contributed by atoms with van der Waals surface area (Å²) in [5.74, 6) is 1.30. The summed E-state index contributed by atoms with van der Waals surface area (Å²) in [6.07, 6.45) is 1.65. The number of halogens is 2. The SMILES string of the molecule is Nc1ncc(CCl)cc1CCl. The summed E-state index contributed by atoms with van der Waals surface area (Å²) in [5.41, 5.74) is 7.30. The highest BCUT2D eigenvalue weighted by molar-refractivity contribution is 6.17. The van der Waals surface area contributed by atoms with Crippen LogP contribution in [-0.2, 0) is 11.8 Å². The predicted molar refractivity (Wildman–Crippen MR) is 47.8 cm³/mol. The second kappa shape index (κ2) is 3.79. The minimum Gasteiger partial charge on any atom is -0.383 e. The molecule has 0 saturated heterocycles. The molecule has 1 heterocycles. The minimum atomic E-state index is 0.379. The van der Waals surface area contributed by atoms with E-state index in [1.54, 1.807) is 6.20 Å². The van der Waals surface area contributed by atoms with Gasteiger partial charge in [0.25, 0.3) is 0 Å². The Labute approximate surface area is 75.3 Å². The van der Waals surface area contributed by atoms with Crippen molar-refractivity contribution >= 4 is 29.0 Å². The molecule has 0 unspecified atom stereocenters. The molecule has 0 spiro atoms. The molecule has 0 atom stereocenters. The van der Waals surface area contributed by atoms with Crippen molar-refractivity contribution in [3.8, 4) is 0 Å². The van der Waals surface area contributed by atoms with E-state index in [2.05, 4.69) is 4.98 Å². The van der Waals surface area contributed by atoms with Gasteiger partial charge in [0.05, 0.1) is 5.88 Å². The number of nitrogens with two attached hydrogens (primary N) is 1. The van der Waals surface area contributed by atoms with Gasteiger partial charge >= 0.3 is 0 Å². The van der Waals surface area contributed by atoms with Crippen LogP contribution >= 0.6 is 23.2 Å². The Balaban J connectivity index is 3.02. The van der Waals surface area contributed by atoms with E-state index in [1.165, 1.54) is 0 Å². The van der Waals surface area contributed by atoms with Crippen LogP contribution in [0.25, 0.3) is 0 Å². The van der Waals surface area contributed by atoms with Crippen molar-refractivity contribution in [1.29, 1.82) is 0 Å². The quantitative estimate of drug-likeness (QED) is 0.727. The van der Waals surface area contributed by atoms with E-state index in [4.69, 9.17) is 28.9 Å². The van der Waals surface area contributed by atoms with Crippen LogP contribution in [0.1, 0.15) is 11.1 Å². The van der Waals surface area contributed by atoms with Crippen molar-refractivity contribution in [3.63, 3.8) is 0 Å². The maximum Gasteiger partial charge on any atom is 0.127 e. The molecule has 2 N–H and O–H groups in total. The third kappa shape index (κ3) is 1.98. The summed E-state index contributed by atoms with van der Waals surface area (Å²) < 4.78 is 0. The van der Waals surface area contributed by atoms with E-state index in [9.17, 15) is 0 Å². The smallest absolute Gasteiger partial charge is 0.127 e. The molecule has 11 heavy (non-hydrogen) atoms. The van der Waals surface area contributed by atoms with Gasteiger partial charge in [-0.25, -0.2) is 4.98 Å². The first kappa shape index (κ1) is 8.62. The molecule has 60 valence electrons. The Morgan fingerprint density at radius 3 is 2.64 bits per heavy atom. The molecular weight excluding hydrogens is 183 g/mol. The Bertz CT molecular complexity index is 250. The van der Waals surface area contributed by atoms with Crippen molar-refractivity contribution in [1.82, 2.24) is 4.98 Å². The van der Waals surface area contributed by atoms with Gasteiger partial charge in [0.2, 0.25) is 0 Å². The molecule has 0 saturated carbocycles. The highest BCUT2D eigenvalue weighted by atomic mass is 35.5. The van der Waals surface area contributed by atoms with E-state index in [0.717, 1.165) is 11.1 Å². The van der Waals surface area contributed by atoms with E-state index < -0.39 is 0 Å². The van der Waals surface area contributed by atoms with Gasteiger partial charge in [-0.3, -0.25) is 0 Å². The lowest BCUT2D eigenvalue weighted by atomic mass is 10.2. The van der Waals surface area contributed by atoms with Crippen LogP contribution in [-0.4, -0.2) is 4.98 Å². The fourth-order valence-electron chi connectivity index (χ4n) is 0.750. The van der Waals surface area contributed by atoms with Crippen molar-refractivity contribution in [3.05, 3.63) is 23.4 Å². The van der Waals surface area contributed by atoms with Crippen molar-refractivity contribution in [2.24, 2.45) is 0 Å². The molecule has 4 heteroatoms. The van der Waals surface area contributed by atoms with Gasteiger partial charge in [-0.1, -0.05) is 0 Å². The first-order chi connectivity index (χ1) is 5.27. The average Bonchev–Trinajstić information content (AvgIpc) is 2.05. The molecule has 0 fully saturated rings. The first-order valence-electron chi connectivity index (χ1n) is 3.13. The van der Waals surface area contributed by atoms with E-state index in [0.29, 0.717) is 17.6 Å². The van der Waals surface area contributed by atoms with E-state index in [1.807, 2.05) is 6.07 Å². The van der Waals surface area contributed by atoms with E-state index in [-0.39, 0.29) is 0 Å². The van der Waals surface area contributed by atoms with Gasteiger partial charge in [0, 0.05) is 17.6 Å². The molecule has 0 aliphatic carbocycles. The van der Waals surface area contributed by atoms with Crippen LogP contribution in [0.5, 0.6) is 0 Å². The monoisotopic (exact) mass is 190 g/mol. The number of alkyl halides is 2. The topological polar surface area (TPSA) is 38.9 Å². The van der Waals surface area contributed by atoms with E-state index >= 15 is 0 Å². The Kier molecular flexibility index (Phi) is 2.97. The normalized spacial score (nSPS) is 10.0. The van der Waals surface area contributed by atoms with Crippen LogP contribution in [0, 0.1) is 0 Å². The molecule has 0 amide bonds. The summed E-state index contributed by atoms with van der Waals surface area (Å²) in [4.78, 5) is 3.93. The zero-order chi connectivity index (χ0) is 8.27. The zero-order valence-electron chi connectivity index (χ0n) is 5.85. The lowest BCUT2D eigenvalue weighted by Crippen LogP contribution is -1.96. The average molecular weight is 191 g/mol. The van der Waals surface area contributed by atoms with Gasteiger partial charge in [0.15, 0.2) is 0 Å². The summed E-state index contributed by atoms with van der Waals surface area (Å²) in [5, 5.41) is 0. The van der Waals surface area contributed by atoms with Crippen LogP contribution < -0.4 is 5.73 Å². The van der Waals surface area contributed by atoms with Crippen molar-refractivity contribution in [2.75, 3.05) is 5.73 Å². The molecule has 0 radical (unpaired) electrons. The van der Waals surface area contributed by atoms with Gasteiger partial charge in [-0.15, -0.1) is 23.2 Å². The van der Waals surface area contributed by atoms with Crippen LogP contribution in [0.4, 0.5) is 5.82 Å². The number of rotatable bonds is 2. The van der Waals surface area contributed by atoms with Gasteiger partial charge < -0.3 is 5.73 Å². The molecule has 1 aromatic heterocycles. The number of hydrogen-bond donors (Lipinski definition) is 1. The lowest BCUT2D eigenvalue weighted by Gasteiger charge is -2.01. The second-order valence-electron chi connectivity index (χ2n) is 2.16. The zero-order valence-corrected chi connectivity index (χ0v) is 7.36. The number of aromatic nitrogens is 1. The van der Waals surface area contributed by atoms with Gasteiger partial charge in [-0.05, 0) is 11.6 Å². The number of hydrogen-bond acceptors (Lipinski definition) is 2. The molecule has 0 aliphatic heterocycles. The van der Waals surface area contributed by atoms with Gasteiger partial charge in [-0.2, -0.15) is 0 Å². The Morgan fingerprint density at radius 1 is 1.36 bits per heavy atom. The van der Waals surface area contributed by atoms with Gasteiger partial charge in [0.1, 0.15) is 5.82 Å². The number of nitrogen functional groups attached to an aromatic ring is 1. The Morgan fingerprint density at radius 2 is 2.09 bits per heavy atom. The largest absolute Gasteiger partial charge is 0.383 e. The molecule has 1 rings (SSSR count). The minimum absolute atomic E-state index is 0.379. The summed E-state index contributed by atoms with van der Waals surface area (Å²) >= 11 is 11.2. The van der Waals surface area contributed by atoms with Crippen molar-refractivity contribution in [2.45, 2.75) is 11.8 Å². The maximum atomic E-state index is 5.60. The molecule has 0 aromatic carbocycles. The summed E-state index contributed by atoms with van der Waals surface area (Å²) in [6.45, 7) is 0. The summed E-state index contributed by atoms with van der Waals surface area (Å²) in [7, 11) is 0. The third-order valence-corrected chi connectivity index (χ3v) is 1.95. The number of nitrogens with zero attached hydrogens (tertiary/aromatic N) is 1. The second-order valence-corrected chi connectivity index (χ2v) is 2.69.